The quantitative estimate of drug-likeness (QED) is 0.510. The van der Waals surface area contributed by atoms with Gasteiger partial charge in [-0.1, -0.05) is 6.92 Å². The maximum absolute atomic E-state index is 9.32. The van der Waals surface area contributed by atoms with E-state index in [9.17, 15) is 10.2 Å². The summed E-state index contributed by atoms with van der Waals surface area (Å²) in [4.78, 5) is 11.7. The molecule has 1 aromatic heterocycles. The summed E-state index contributed by atoms with van der Waals surface area (Å²) < 4.78 is 5.14. The van der Waals surface area contributed by atoms with E-state index in [4.69, 9.17) is 10.5 Å². The zero-order valence-electron chi connectivity index (χ0n) is 10.6. The van der Waals surface area contributed by atoms with Crippen molar-refractivity contribution >= 4 is 11.9 Å². The van der Waals surface area contributed by atoms with Crippen molar-refractivity contribution in [2.75, 3.05) is 30.9 Å². The smallest absolute Gasteiger partial charge is 0.323 e. The van der Waals surface area contributed by atoms with E-state index in [1.807, 2.05) is 6.92 Å². The second kappa shape index (κ2) is 6.31. The zero-order chi connectivity index (χ0) is 13.6. The first-order valence-corrected chi connectivity index (χ1v) is 5.73. The minimum absolute atomic E-state index is 0.0110. The summed E-state index contributed by atoms with van der Waals surface area (Å²) in [7, 11) is 0. The highest BCUT2D eigenvalue weighted by molar-refractivity contribution is 5.35. The molecule has 1 rings (SSSR count). The summed E-state index contributed by atoms with van der Waals surface area (Å²) in [6, 6.07) is 0.105. The predicted molar refractivity (Wildman–Crippen MR) is 66.2 cm³/mol. The SMILES string of the molecule is CCOc1nc(N)nc(NC(CC)(CO)CO)n1. The van der Waals surface area contributed by atoms with E-state index in [-0.39, 0.29) is 31.1 Å². The predicted octanol–water partition coefficient (Wildman–Crippen LogP) is -0.602. The van der Waals surface area contributed by atoms with Crippen molar-refractivity contribution in [2.24, 2.45) is 0 Å². The minimum atomic E-state index is -0.892. The molecular weight excluding hydrogens is 238 g/mol. The third-order valence-corrected chi connectivity index (χ3v) is 2.56. The van der Waals surface area contributed by atoms with E-state index >= 15 is 0 Å². The highest BCUT2D eigenvalue weighted by Gasteiger charge is 2.27. The molecule has 0 fully saturated rings. The number of anilines is 2. The van der Waals surface area contributed by atoms with Crippen LogP contribution in [0.2, 0.25) is 0 Å². The van der Waals surface area contributed by atoms with Crippen LogP contribution in [-0.4, -0.2) is 50.5 Å². The molecule has 0 amide bonds. The summed E-state index contributed by atoms with van der Waals surface area (Å²) in [6.45, 7) is 3.52. The number of nitrogen functional groups attached to an aromatic ring is 1. The molecule has 0 radical (unpaired) electrons. The number of hydrogen-bond donors (Lipinski definition) is 4. The lowest BCUT2D eigenvalue weighted by molar-refractivity contribution is 0.132. The topological polar surface area (TPSA) is 126 Å². The van der Waals surface area contributed by atoms with Gasteiger partial charge in [-0.05, 0) is 13.3 Å². The molecule has 0 bridgehead atoms. The molecule has 18 heavy (non-hydrogen) atoms. The number of nitrogens with two attached hydrogens (primary N) is 1. The highest BCUT2D eigenvalue weighted by Crippen LogP contribution is 2.17. The van der Waals surface area contributed by atoms with Gasteiger partial charge in [0.05, 0.1) is 25.4 Å². The fourth-order valence-corrected chi connectivity index (χ4v) is 1.30. The van der Waals surface area contributed by atoms with Gasteiger partial charge in [0.2, 0.25) is 11.9 Å². The number of rotatable bonds is 7. The van der Waals surface area contributed by atoms with Gasteiger partial charge in [0.15, 0.2) is 0 Å². The lowest BCUT2D eigenvalue weighted by Crippen LogP contribution is -2.45. The Balaban J connectivity index is 2.95. The number of hydrogen-bond acceptors (Lipinski definition) is 8. The van der Waals surface area contributed by atoms with Crippen LogP contribution in [0.1, 0.15) is 20.3 Å². The van der Waals surface area contributed by atoms with Crippen LogP contribution < -0.4 is 15.8 Å². The van der Waals surface area contributed by atoms with Crippen LogP contribution in [0, 0.1) is 0 Å². The van der Waals surface area contributed by atoms with Crippen LogP contribution in [-0.2, 0) is 0 Å². The lowest BCUT2D eigenvalue weighted by Gasteiger charge is -2.29. The average Bonchev–Trinajstić information content (AvgIpc) is 2.36. The molecule has 5 N–H and O–H groups in total. The van der Waals surface area contributed by atoms with Crippen molar-refractivity contribution in [2.45, 2.75) is 25.8 Å². The van der Waals surface area contributed by atoms with Crippen LogP contribution in [0.15, 0.2) is 0 Å². The molecule has 0 saturated heterocycles. The van der Waals surface area contributed by atoms with Crippen LogP contribution >= 0.6 is 0 Å². The zero-order valence-corrected chi connectivity index (χ0v) is 10.6. The fourth-order valence-electron chi connectivity index (χ4n) is 1.30. The van der Waals surface area contributed by atoms with E-state index in [0.29, 0.717) is 13.0 Å². The summed E-state index contributed by atoms with van der Waals surface area (Å²) >= 11 is 0. The molecule has 0 saturated carbocycles. The molecule has 8 nitrogen and oxygen atoms in total. The Hall–Kier alpha value is -1.67. The number of aliphatic hydroxyl groups excluding tert-OH is 2. The van der Waals surface area contributed by atoms with E-state index < -0.39 is 5.54 Å². The van der Waals surface area contributed by atoms with E-state index in [1.54, 1.807) is 6.92 Å². The Kier molecular flexibility index (Phi) is 5.05. The van der Waals surface area contributed by atoms with Crippen molar-refractivity contribution in [3.63, 3.8) is 0 Å². The minimum Gasteiger partial charge on any atom is -0.464 e. The van der Waals surface area contributed by atoms with Gasteiger partial charge in [0.25, 0.3) is 0 Å². The lowest BCUT2D eigenvalue weighted by atomic mass is 9.99. The van der Waals surface area contributed by atoms with Gasteiger partial charge in [-0.15, -0.1) is 0 Å². The normalized spacial score (nSPS) is 11.3. The van der Waals surface area contributed by atoms with Crippen LogP contribution in [0.25, 0.3) is 0 Å². The van der Waals surface area contributed by atoms with Gasteiger partial charge in [0, 0.05) is 0 Å². The molecule has 0 aliphatic heterocycles. The van der Waals surface area contributed by atoms with Gasteiger partial charge >= 0.3 is 6.01 Å². The third kappa shape index (κ3) is 3.41. The van der Waals surface area contributed by atoms with E-state index in [0.717, 1.165) is 0 Å². The molecule has 0 unspecified atom stereocenters. The third-order valence-electron chi connectivity index (χ3n) is 2.56. The van der Waals surface area contributed by atoms with Crippen LogP contribution in [0.4, 0.5) is 11.9 Å². The second-order valence-corrected chi connectivity index (χ2v) is 3.81. The molecule has 1 heterocycles. The molecule has 8 heteroatoms. The largest absolute Gasteiger partial charge is 0.464 e. The maximum Gasteiger partial charge on any atom is 0.323 e. The number of ether oxygens (including phenoxy) is 1. The Morgan fingerprint density at radius 3 is 2.39 bits per heavy atom. The van der Waals surface area contributed by atoms with Crippen molar-refractivity contribution < 1.29 is 14.9 Å². The van der Waals surface area contributed by atoms with Crippen LogP contribution in [0.5, 0.6) is 6.01 Å². The van der Waals surface area contributed by atoms with Gasteiger partial charge in [-0.3, -0.25) is 0 Å². The van der Waals surface area contributed by atoms with E-state index in [1.165, 1.54) is 0 Å². The van der Waals surface area contributed by atoms with Crippen molar-refractivity contribution in [1.82, 2.24) is 15.0 Å². The molecular formula is C10H19N5O3. The molecule has 0 spiro atoms. The number of aromatic nitrogens is 3. The fraction of sp³-hybridized carbons (Fsp3) is 0.700. The van der Waals surface area contributed by atoms with Crippen molar-refractivity contribution in [3.8, 4) is 6.01 Å². The maximum atomic E-state index is 9.32. The van der Waals surface area contributed by atoms with Gasteiger partial charge in [-0.2, -0.15) is 15.0 Å². The highest BCUT2D eigenvalue weighted by atomic mass is 16.5. The molecule has 1 aromatic rings. The first-order chi connectivity index (χ1) is 8.59. The first kappa shape index (κ1) is 14.4. The summed E-state index contributed by atoms with van der Waals surface area (Å²) in [6.07, 6.45) is 0.496. The second-order valence-electron chi connectivity index (χ2n) is 3.81. The Morgan fingerprint density at radius 1 is 1.22 bits per heavy atom. The summed E-state index contributed by atoms with van der Waals surface area (Å²) in [5, 5.41) is 21.5. The summed E-state index contributed by atoms with van der Waals surface area (Å²) in [5.41, 5.74) is 4.63. The Bertz CT molecular complexity index is 376. The van der Waals surface area contributed by atoms with Crippen molar-refractivity contribution in [1.29, 1.82) is 0 Å². The van der Waals surface area contributed by atoms with E-state index in [2.05, 4.69) is 20.3 Å². The first-order valence-electron chi connectivity index (χ1n) is 5.73. The Morgan fingerprint density at radius 2 is 1.89 bits per heavy atom. The number of nitrogens with zero attached hydrogens (tertiary/aromatic N) is 3. The van der Waals surface area contributed by atoms with Gasteiger partial charge in [-0.25, -0.2) is 0 Å². The number of nitrogens with one attached hydrogen (secondary N) is 1. The standard InChI is InChI=1S/C10H19N5O3/c1-3-10(5-16,6-17)15-8-12-7(11)13-9(14-8)18-4-2/h16-17H,3-6H2,1-2H3,(H3,11,12,13,14,15). The molecule has 0 aromatic carbocycles. The Labute approximate surface area is 105 Å². The summed E-state index contributed by atoms with van der Waals surface area (Å²) in [5.74, 6) is 0.174. The average molecular weight is 257 g/mol. The molecule has 0 aliphatic rings. The number of aliphatic hydroxyl groups is 2. The van der Waals surface area contributed by atoms with Crippen LogP contribution in [0.3, 0.4) is 0 Å². The van der Waals surface area contributed by atoms with Gasteiger partial charge < -0.3 is 26.0 Å². The molecule has 0 aliphatic carbocycles. The van der Waals surface area contributed by atoms with Crippen molar-refractivity contribution in [3.05, 3.63) is 0 Å². The molecule has 102 valence electrons. The van der Waals surface area contributed by atoms with Gasteiger partial charge in [0.1, 0.15) is 0 Å². The monoisotopic (exact) mass is 257 g/mol. The molecule has 0 atom stereocenters.